The van der Waals surface area contributed by atoms with Gasteiger partial charge in [-0.2, -0.15) is 5.10 Å². The zero-order valence-corrected chi connectivity index (χ0v) is 27.6. The lowest BCUT2D eigenvalue weighted by Gasteiger charge is -2.28. The van der Waals surface area contributed by atoms with Crippen LogP contribution in [0.5, 0.6) is 23.0 Å². The molecule has 0 saturated carbocycles. The molecule has 1 aliphatic heterocycles. The Bertz CT molecular complexity index is 1640. The number of aliphatic hydroxyl groups excluding tert-OH is 1. The lowest BCUT2D eigenvalue weighted by Crippen LogP contribution is -2.45. The molecule has 0 unspecified atom stereocenters. The highest BCUT2D eigenvalue weighted by molar-refractivity contribution is 6.32. The Morgan fingerprint density at radius 3 is 2.51 bits per heavy atom. The number of rotatable bonds is 15. The van der Waals surface area contributed by atoms with Crippen LogP contribution < -0.4 is 35.0 Å². The standard InChI is InChI=1S/C34H39ClN4O8/c1-6-44-27-16-24(31-30(33(41)43-5)21(4)37-34(42)38-31)11-12-26(27)46-19-29(40)39-36-17-23-14-25(35)32(28(15-23)45-7-2)47-18-22-10-8-9-20(3)13-22/h8-17,29,31,39-40H,6-7,18-19H2,1-5H3,(H2,37,38,42)/b36-17-/t29-,31-/m0/s1. The van der Waals surface area contributed by atoms with E-state index >= 15 is 0 Å². The lowest BCUT2D eigenvalue weighted by molar-refractivity contribution is -0.136. The van der Waals surface area contributed by atoms with Gasteiger partial charge in [-0.15, -0.1) is 0 Å². The number of nitrogens with one attached hydrogen (secondary N) is 3. The number of hydrogen-bond acceptors (Lipinski definition) is 10. The average Bonchev–Trinajstić information content (AvgIpc) is 3.03. The average molecular weight is 667 g/mol. The number of carbonyl (C=O) groups is 2. The molecule has 2 atom stereocenters. The number of hydrazone groups is 1. The number of aryl methyl sites for hydroxylation is 1. The van der Waals surface area contributed by atoms with E-state index in [9.17, 15) is 14.7 Å². The van der Waals surface area contributed by atoms with Gasteiger partial charge in [0, 0.05) is 5.70 Å². The number of urea groups is 1. The van der Waals surface area contributed by atoms with Crippen molar-refractivity contribution < 1.29 is 38.4 Å². The van der Waals surface area contributed by atoms with Gasteiger partial charge in [0.2, 0.25) is 0 Å². The molecule has 0 aliphatic carbocycles. The Labute approximate surface area is 278 Å². The van der Waals surface area contributed by atoms with Crippen LogP contribution in [0.2, 0.25) is 5.02 Å². The normalized spacial score (nSPS) is 15.0. The monoisotopic (exact) mass is 666 g/mol. The van der Waals surface area contributed by atoms with E-state index in [4.69, 9.17) is 35.3 Å². The van der Waals surface area contributed by atoms with Gasteiger partial charge in [0.25, 0.3) is 0 Å². The molecular formula is C34H39ClN4O8. The molecule has 2 amide bonds. The van der Waals surface area contributed by atoms with Crippen LogP contribution in [-0.4, -0.2) is 56.5 Å². The third kappa shape index (κ3) is 9.30. The van der Waals surface area contributed by atoms with Gasteiger partial charge in [0.15, 0.2) is 29.2 Å². The predicted molar refractivity (Wildman–Crippen MR) is 177 cm³/mol. The summed E-state index contributed by atoms with van der Waals surface area (Å²) in [6.07, 6.45) is 0.309. The van der Waals surface area contributed by atoms with Gasteiger partial charge < -0.3 is 39.4 Å². The number of nitrogens with zero attached hydrogens (tertiary/aromatic N) is 1. The summed E-state index contributed by atoms with van der Waals surface area (Å²) in [5, 5.41) is 20.3. The van der Waals surface area contributed by atoms with Crippen LogP contribution in [0, 0.1) is 6.92 Å². The fourth-order valence-electron chi connectivity index (χ4n) is 4.84. The molecule has 12 nitrogen and oxygen atoms in total. The zero-order chi connectivity index (χ0) is 33.9. The summed E-state index contributed by atoms with van der Waals surface area (Å²) in [7, 11) is 1.27. The summed E-state index contributed by atoms with van der Waals surface area (Å²) < 4.78 is 28.3. The van der Waals surface area contributed by atoms with E-state index in [0.29, 0.717) is 64.7 Å². The molecule has 1 heterocycles. The summed E-state index contributed by atoms with van der Waals surface area (Å²) in [6.45, 7) is 8.20. The van der Waals surface area contributed by atoms with Gasteiger partial charge >= 0.3 is 12.0 Å². The molecule has 4 rings (SSSR count). The highest BCUT2D eigenvalue weighted by Crippen LogP contribution is 2.37. The van der Waals surface area contributed by atoms with Crippen LogP contribution in [-0.2, 0) is 16.1 Å². The minimum atomic E-state index is -1.18. The van der Waals surface area contributed by atoms with Crippen molar-refractivity contribution in [1.82, 2.24) is 16.1 Å². The molecule has 4 N–H and O–H groups in total. The molecule has 1 aliphatic rings. The van der Waals surface area contributed by atoms with Crippen LogP contribution in [0.3, 0.4) is 0 Å². The fourth-order valence-corrected chi connectivity index (χ4v) is 5.12. The number of amides is 2. The van der Waals surface area contributed by atoms with Crippen LogP contribution in [0.25, 0.3) is 0 Å². The second kappa shape index (κ2) is 16.6. The number of hydrogen-bond donors (Lipinski definition) is 4. The van der Waals surface area contributed by atoms with Gasteiger partial charge in [-0.3, -0.25) is 5.43 Å². The van der Waals surface area contributed by atoms with E-state index in [-0.39, 0.29) is 12.2 Å². The van der Waals surface area contributed by atoms with Crippen molar-refractivity contribution in [2.45, 2.75) is 46.6 Å². The second-order valence-corrected chi connectivity index (χ2v) is 10.9. The number of aliphatic hydroxyl groups is 1. The van der Waals surface area contributed by atoms with Crippen LogP contribution in [0.4, 0.5) is 4.79 Å². The first-order valence-corrected chi connectivity index (χ1v) is 15.4. The Balaban J connectivity index is 1.40. The molecular weight excluding hydrogens is 628 g/mol. The fraction of sp³-hybridized carbons (Fsp3) is 0.324. The summed E-state index contributed by atoms with van der Waals surface area (Å²) in [4.78, 5) is 24.6. The maximum atomic E-state index is 12.5. The molecule has 0 fully saturated rings. The zero-order valence-electron chi connectivity index (χ0n) is 26.9. The lowest BCUT2D eigenvalue weighted by atomic mass is 9.95. The van der Waals surface area contributed by atoms with Gasteiger partial charge in [0.05, 0.1) is 43.2 Å². The summed E-state index contributed by atoms with van der Waals surface area (Å²) in [5.74, 6) is 1.03. The first kappa shape index (κ1) is 34.9. The van der Waals surface area contributed by atoms with Crippen molar-refractivity contribution in [1.29, 1.82) is 0 Å². The number of esters is 1. The first-order chi connectivity index (χ1) is 22.6. The van der Waals surface area contributed by atoms with Gasteiger partial charge in [-0.05, 0) is 68.7 Å². The topological polar surface area (TPSA) is 149 Å². The molecule has 3 aromatic rings. The maximum absolute atomic E-state index is 12.5. The van der Waals surface area contributed by atoms with E-state index in [1.165, 1.54) is 13.3 Å². The maximum Gasteiger partial charge on any atom is 0.337 e. The van der Waals surface area contributed by atoms with E-state index in [0.717, 1.165) is 11.1 Å². The molecule has 0 bridgehead atoms. The summed E-state index contributed by atoms with van der Waals surface area (Å²) in [5.41, 5.74) is 6.61. The van der Waals surface area contributed by atoms with E-state index in [2.05, 4.69) is 21.2 Å². The number of methoxy groups -OCH3 is 1. The number of benzene rings is 3. The van der Waals surface area contributed by atoms with Crippen LogP contribution in [0.1, 0.15) is 49.1 Å². The predicted octanol–water partition coefficient (Wildman–Crippen LogP) is 5.15. The minimum Gasteiger partial charge on any atom is -0.490 e. The highest BCUT2D eigenvalue weighted by atomic mass is 35.5. The van der Waals surface area contributed by atoms with Crippen molar-refractivity contribution in [3.63, 3.8) is 0 Å². The Hall–Kier alpha value is -4.94. The molecule has 0 aromatic heterocycles. The van der Waals surface area contributed by atoms with E-state index in [1.54, 1.807) is 37.3 Å². The largest absolute Gasteiger partial charge is 0.490 e. The highest BCUT2D eigenvalue weighted by Gasteiger charge is 2.32. The second-order valence-electron chi connectivity index (χ2n) is 10.5. The van der Waals surface area contributed by atoms with Crippen molar-refractivity contribution in [3.05, 3.63) is 93.1 Å². The Morgan fingerprint density at radius 2 is 1.79 bits per heavy atom. The number of ether oxygens (including phenoxy) is 5. The van der Waals surface area contributed by atoms with Crippen molar-refractivity contribution >= 4 is 29.8 Å². The van der Waals surface area contributed by atoms with Crippen molar-refractivity contribution in [2.75, 3.05) is 26.9 Å². The van der Waals surface area contributed by atoms with Gasteiger partial charge in [-0.25, -0.2) is 9.59 Å². The number of carbonyl (C=O) groups excluding carboxylic acids is 2. The first-order valence-electron chi connectivity index (χ1n) is 15.0. The molecule has 250 valence electrons. The van der Waals surface area contributed by atoms with E-state index in [1.807, 2.05) is 45.0 Å². The smallest absolute Gasteiger partial charge is 0.337 e. The van der Waals surface area contributed by atoms with Gasteiger partial charge in [0.1, 0.15) is 13.2 Å². The molecule has 0 saturated heterocycles. The number of halogens is 1. The molecule has 13 heteroatoms. The minimum absolute atomic E-state index is 0.177. The molecule has 47 heavy (non-hydrogen) atoms. The van der Waals surface area contributed by atoms with Crippen LogP contribution >= 0.6 is 11.6 Å². The molecule has 0 radical (unpaired) electrons. The van der Waals surface area contributed by atoms with Crippen molar-refractivity contribution in [2.24, 2.45) is 5.10 Å². The van der Waals surface area contributed by atoms with Crippen molar-refractivity contribution in [3.8, 4) is 23.0 Å². The molecule has 3 aromatic carbocycles. The van der Waals surface area contributed by atoms with Gasteiger partial charge in [-0.1, -0.05) is 47.5 Å². The third-order valence-corrected chi connectivity index (χ3v) is 7.19. The Kier molecular flexibility index (Phi) is 12.3. The van der Waals surface area contributed by atoms with E-state index < -0.39 is 24.3 Å². The molecule has 0 spiro atoms. The SMILES string of the molecule is CCOc1cc([C@@H]2NC(=O)NC(C)=C2C(=O)OC)ccc1OC[C@H](O)N/N=C\c1cc(Cl)c(OCc2cccc(C)c2)c(OCC)c1. The summed E-state index contributed by atoms with van der Waals surface area (Å²) >= 11 is 6.56. The van der Waals surface area contributed by atoms with Crippen LogP contribution in [0.15, 0.2) is 71.0 Å². The quantitative estimate of drug-likeness (QED) is 0.0748. The Morgan fingerprint density at radius 1 is 1.02 bits per heavy atom. The third-order valence-electron chi connectivity index (χ3n) is 6.91. The summed E-state index contributed by atoms with van der Waals surface area (Å²) in [6, 6.07) is 15.2. The number of allylic oxidation sites excluding steroid dienone is 1.